The summed E-state index contributed by atoms with van der Waals surface area (Å²) >= 11 is 0. The van der Waals surface area contributed by atoms with Gasteiger partial charge < -0.3 is 10.1 Å². The van der Waals surface area contributed by atoms with E-state index in [9.17, 15) is 0 Å². The van der Waals surface area contributed by atoms with Gasteiger partial charge in [-0.05, 0) is 27.2 Å². The predicted octanol–water partition coefficient (Wildman–Crippen LogP) is 3.01. The molecule has 0 saturated heterocycles. The molecule has 1 aromatic heterocycles. The van der Waals surface area contributed by atoms with Crippen LogP contribution < -0.4 is 5.32 Å². The fourth-order valence-corrected chi connectivity index (χ4v) is 1.79. The van der Waals surface area contributed by atoms with E-state index in [0.717, 1.165) is 35.7 Å². The van der Waals surface area contributed by atoms with Crippen molar-refractivity contribution in [1.29, 1.82) is 0 Å². The van der Waals surface area contributed by atoms with Gasteiger partial charge in [0.15, 0.2) is 5.82 Å². The zero-order valence-corrected chi connectivity index (χ0v) is 11.5. The third-order valence-corrected chi connectivity index (χ3v) is 2.85. The second kappa shape index (κ2) is 6.55. The molecule has 1 rings (SSSR count). The maximum absolute atomic E-state index is 5.71. The van der Waals surface area contributed by atoms with Crippen molar-refractivity contribution in [3.8, 4) is 0 Å². The lowest BCUT2D eigenvalue weighted by atomic mass is 10.1. The van der Waals surface area contributed by atoms with E-state index in [1.165, 1.54) is 0 Å². The molecule has 1 N–H and O–H groups in total. The molecule has 17 heavy (non-hydrogen) atoms. The first-order chi connectivity index (χ1) is 8.13. The van der Waals surface area contributed by atoms with Crippen LogP contribution >= 0.6 is 0 Å². The molecule has 1 heterocycles. The fraction of sp³-hybridized carbons (Fsp3) is 0.692. The predicted molar refractivity (Wildman–Crippen MR) is 70.3 cm³/mol. The van der Waals surface area contributed by atoms with E-state index in [2.05, 4.69) is 22.2 Å². The SMILES string of the molecule is CCCC(OCC)c1nc(C)c(C)c(NC)n1. The van der Waals surface area contributed by atoms with Crippen molar-refractivity contribution in [1.82, 2.24) is 9.97 Å². The quantitative estimate of drug-likeness (QED) is 0.826. The lowest BCUT2D eigenvalue weighted by molar-refractivity contribution is 0.0493. The third-order valence-electron chi connectivity index (χ3n) is 2.85. The normalized spacial score (nSPS) is 12.5. The van der Waals surface area contributed by atoms with Gasteiger partial charge in [0.2, 0.25) is 0 Å². The van der Waals surface area contributed by atoms with Gasteiger partial charge in [-0.25, -0.2) is 9.97 Å². The van der Waals surface area contributed by atoms with Gasteiger partial charge in [-0.15, -0.1) is 0 Å². The summed E-state index contributed by atoms with van der Waals surface area (Å²) in [7, 11) is 1.88. The number of nitrogens with zero attached hydrogens (tertiary/aromatic N) is 2. The standard InChI is InChI=1S/C13H23N3O/c1-6-8-11(17-7-2)13-15-10(4)9(3)12(14-5)16-13/h11H,6-8H2,1-5H3,(H,14,15,16). The van der Waals surface area contributed by atoms with Gasteiger partial charge >= 0.3 is 0 Å². The van der Waals surface area contributed by atoms with Gasteiger partial charge in [-0.1, -0.05) is 13.3 Å². The Labute approximate surface area is 104 Å². The highest BCUT2D eigenvalue weighted by Gasteiger charge is 2.16. The highest BCUT2D eigenvalue weighted by Crippen LogP contribution is 2.23. The third kappa shape index (κ3) is 3.40. The van der Waals surface area contributed by atoms with Crippen LogP contribution in [0.3, 0.4) is 0 Å². The lowest BCUT2D eigenvalue weighted by Crippen LogP contribution is -2.12. The summed E-state index contributed by atoms with van der Waals surface area (Å²) in [5, 5.41) is 3.11. The molecule has 1 aromatic rings. The monoisotopic (exact) mass is 237 g/mol. The summed E-state index contributed by atoms with van der Waals surface area (Å²) in [6.45, 7) is 8.88. The van der Waals surface area contributed by atoms with Crippen LogP contribution in [0.5, 0.6) is 0 Å². The summed E-state index contributed by atoms with van der Waals surface area (Å²) in [6.07, 6.45) is 2.03. The Balaban J connectivity index is 3.06. The van der Waals surface area contributed by atoms with Gasteiger partial charge in [-0.3, -0.25) is 0 Å². The lowest BCUT2D eigenvalue weighted by Gasteiger charge is -2.17. The van der Waals surface area contributed by atoms with Crippen LogP contribution in [0.25, 0.3) is 0 Å². The van der Waals surface area contributed by atoms with Gasteiger partial charge in [0, 0.05) is 24.9 Å². The van der Waals surface area contributed by atoms with E-state index in [1.807, 2.05) is 27.8 Å². The molecule has 0 aromatic carbocycles. The van der Waals surface area contributed by atoms with E-state index < -0.39 is 0 Å². The molecule has 96 valence electrons. The van der Waals surface area contributed by atoms with Crippen molar-refractivity contribution in [3.63, 3.8) is 0 Å². The van der Waals surface area contributed by atoms with Gasteiger partial charge in [0.1, 0.15) is 11.9 Å². The molecule has 0 saturated carbocycles. The van der Waals surface area contributed by atoms with Crippen molar-refractivity contribution in [2.24, 2.45) is 0 Å². The van der Waals surface area contributed by atoms with E-state index in [4.69, 9.17) is 4.74 Å². The van der Waals surface area contributed by atoms with Crippen LogP contribution in [0.2, 0.25) is 0 Å². The van der Waals surface area contributed by atoms with Crippen LogP contribution in [0.1, 0.15) is 49.9 Å². The Hall–Kier alpha value is -1.16. The number of anilines is 1. The minimum atomic E-state index is 0.0106. The van der Waals surface area contributed by atoms with Crippen molar-refractivity contribution < 1.29 is 4.74 Å². The molecular formula is C13H23N3O. The van der Waals surface area contributed by atoms with E-state index in [-0.39, 0.29) is 6.10 Å². The Morgan fingerprint density at radius 3 is 2.47 bits per heavy atom. The van der Waals surface area contributed by atoms with Gasteiger partial charge in [0.05, 0.1) is 0 Å². The number of hydrogen-bond acceptors (Lipinski definition) is 4. The highest BCUT2D eigenvalue weighted by atomic mass is 16.5. The minimum absolute atomic E-state index is 0.0106. The Morgan fingerprint density at radius 2 is 1.94 bits per heavy atom. The van der Waals surface area contributed by atoms with E-state index in [1.54, 1.807) is 0 Å². The smallest absolute Gasteiger partial charge is 0.159 e. The Morgan fingerprint density at radius 1 is 1.24 bits per heavy atom. The molecule has 0 amide bonds. The first kappa shape index (κ1) is 13.9. The summed E-state index contributed by atoms with van der Waals surface area (Å²) < 4.78 is 5.71. The summed E-state index contributed by atoms with van der Waals surface area (Å²) in [5.74, 6) is 1.69. The average Bonchev–Trinajstić information content (AvgIpc) is 2.32. The average molecular weight is 237 g/mol. The molecule has 0 radical (unpaired) electrons. The van der Waals surface area contributed by atoms with Crippen LogP contribution in [0, 0.1) is 13.8 Å². The number of hydrogen-bond donors (Lipinski definition) is 1. The summed E-state index contributed by atoms with van der Waals surface area (Å²) in [6, 6.07) is 0. The number of rotatable bonds is 6. The van der Waals surface area contributed by atoms with Crippen molar-refractivity contribution in [2.45, 2.75) is 46.6 Å². The second-order valence-corrected chi connectivity index (χ2v) is 4.12. The molecule has 4 heteroatoms. The van der Waals surface area contributed by atoms with Gasteiger partial charge in [-0.2, -0.15) is 0 Å². The zero-order chi connectivity index (χ0) is 12.8. The fourth-order valence-electron chi connectivity index (χ4n) is 1.79. The molecule has 4 nitrogen and oxygen atoms in total. The molecule has 1 unspecified atom stereocenters. The first-order valence-corrected chi connectivity index (χ1v) is 6.28. The van der Waals surface area contributed by atoms with Crippen molar-refractivity contribution in [2.75, 3.05) is 19.0 Å². The molecule has 0 fully saturated rings. The van der Waals surface area contributed by atoms with E-state index >= 15 is 0 Å². The first-order valence-electron chi connectivity index (χ1n) is 6.28. The summed E-state index contributed by atoms with van der Waals surface area (Å²) in [5.41, 5.74) is 2.11. The number of nitrogens with one attached hydrogen (secondary N) is 1. The highest BCUT2D eigenvalue weighted by molar-refractivity contribution is 5.44. The van der Waals surface area contributed by atoms with Crippen LogP contribution in [-0.4, -0.2) is 23.6 Å². The molecule has 1 atom stereocenters. The van der Waals surface area contributed by atoms with Crippen LogP contribution in [0.4, 0.5) is 5.82 Å². The molecule has 0 spiro atoms. The maximum Gasteiger partial charge on any atom is 0.159 e. The van der Waals surface area contributed by atoms with E-state index in [0.29, 0.717) is 6.61 Å². The summed E-state index contributed by atoms with van der Waals surface area (Å²) in [4.78, 5) is 9.08. The molecule has 0 bridgehead atoms. The minimum Gasteiger partial charge on any atom is -0.373 e. The van der Waals surface area contributed by atoms with Gasteiger partial charge in [0.25, 0.3) is 0 Å². The second-order valence-electron chi connectivity index (χ2n) is 4.12. The molecular weight excluding hydrogens is 214 g/mol. The molecule has 0 aliphatic heterocycles. The maximum atomic E-state index is 5.71. The zero-order valence-electron chi connectivity index (χ0n) is 11.5. The number of aromatic nitrogens is 2. The Kier molecular flexibility index (Phi) is 5.35. The number of ether oxygens (including phenoxy) is 1. The Bertz CT molecular complexity index is 360. The molecule has 0 aliphatic rings. The van der Waals surface area contributed by atoms with Crippen molar-refractivity contribution in [3.05, 3.63) is 17.1 Å². The van der Waals surface area contributed by atoms with Crippen LogP contribution in [0.15, 0.2) is 0 Å². The number of aryl methyl sites for hydroxylation is 1. The van der Waals surface area contributed by atoms with Crippen LogP contribution in [-0.2, 0) is 4.74 Å². The largest absolute Gasteiger partial charge is 0.373 e. The topological polar surface area (TPSA) is 47.0 Å². The molecule has 0 aliphatic carbocycles. The van der Waals surface area contributed by atoms with Crippen molar-refractivity contribution >= 4 is 5.82 Å².